The third-order valence-electron chi connectivity index (χ3n) is 7.68. The number of nitrogens with zero attached hydrogens (tertiary/aromatic N) is 2. The average molecular weight is 536 g/mol. The molecule has 3 aromatic rings. The molecule has 2 aliphatic heterocycles. The van der Waals surface area contributed by atoms with Crippen LogP contribution in [-0.2, 0) is 16.1 Å². The Balaban J connectivity index is 1.29. The molecule has 0 aliphatic carbocycles. The Morgan fingerprint density at radius 3 is 2.35 bits per heavy atom. The van der Waals surface area contributed by atoms with Crippen LogP contribution < -0.4 is 0 Å². The van der Waals surface area contributed by atoms with E-state index < -0.39 is 0 Å². The molecular weight excluding hydrogens is 503 g/mol. The monoisotopic (exact) mass is 534 g/mol. The van der Waals surface area contributed by atoms with E-state index in [1.807, 2.05) is 46.2 Å². The Labute approximate surface area is 229 Å². The predicted octanol–water partition coefficient (Wildman–Crippen LogP) is 7.69. The van der Waals surface area contributed by atoms with Gasteiger partial charge < -0.3 is 9.80 Å². The maximum absolute atomic E-state index is 13.7. The molecule has 2 atom stereocenters. The molecule has 2 unspecified atom stereocenters. The summed E-state index contributed by atoms with van der Waals surface area (Å²) in [5.41, 5.74) is 4.43. The first kappa shape index (κ1) is 25.8. The zero-order chi connectivity index (χ0) is 25.8. The molecule has 2 heterocycles. The second-order valence-electron chi connectivity index (χ2n) is 10.1. The molecular formula is C31H32Cl2N2O2. The highest BCUT2D eigenvalue weighted by Crippen LogP contribution is 2.35. The molecule has 5 rings (SSSR count). The van der Waals surface area contributed by atoms with Gasteiger partial charge in [0, 0.05) is 32.0 Å². The van der Waals surface area contributed by atoms with Crippen LogP contribution in [-0.4, -0.2) is 34.2 Å². The summed E-state index contributed by atoms with van der Waals surface area (Å²) >= 11 is 12.5. The SMILES string of the molecule is O=C1CCC(CC(=O)N2CCCCCC2c2ccc(Cl)c(Cl)c2)N1Cc1ccc(-c2ccccc2)cc1. The van der Waals surface area contributed by atoms with E-state index in [-0.39, 0.29) is 23.9 Å². The maximum atomic E-state index is 13.7. The molecule has 2 saturated heterocycles. The number of rotatable bonds is 6. The third kappa shape index (κ3) is 6.02. The molecule has 0 bridgehead atoms. The lowest BCUT2D eigenvalue weighted by Gasteiger charge is -2.33. The van der Waals surface area contributed by atoms with Gasteiger partial charge in [-0.2, -0.15) is 0 Å². The van der Waals surface area contributed by atoms with Gasteiger partial charge in [-0.1, -0.05) is 96.7 Å². The van der Waals surface area contributed by atoms with Gasteiger partial charge in [-0.15, -0.1) is 0 Å². The molecule has 0 spiro atoms. The number of likely N-dealkylation sites (tertiary alicyclic amines) is 2. The Bertz CT molecular complexity index is 1250. The van der Waals surface area contributed by atoms with E-state index in [1.165, 1.54) is 5.56 Å². The van der Waals surface area contributed by atoms with Crippen LogP contribution in [0.3, 0.4) is 0 Å². The molecule has 0 aromatic heterocycles. The summed E-state index contributed by atoms with van der Waals surface area (Å²) in [5.74, 6) is 0.240. The maximum Gasteiger partial charge on any atom is 0.225 e. The Morgan fingerprint density at radius 2 is 1.59 bits per heavy atom. The van der Waals surface area contributed by atoms with Crippen molar-refractivity contribution in [2.45, 2.75) is 63.6 Å². The highest BCUT2D eigenvalue weighted by molar-refractivity contribution is 6.42. The number of benzene rings is 3. The Kier molecular flexibility index (Phi) is 8.17. The van der Waals surface area contributed by atoms with Crippen LogP contribution in [0.2, 0.25) is 10.0 Å². The fraction of sp³-hybridized carbons (Fsp3) is 0.355. The lowest BCUT2D eigenvalue weighted by atomic mass is 9.99. The molecule has 2 aliphatic rings. The van der Waals surface area contributed by atoms with Gasteiger partial charge in [0.05, 0.1) is 16.1 Å². The van der Waals surface area contributed by atoms with Crippen molar-refractivity contribution in [1.29, 1.82) is 0 Å². The summed E-state index contributed by atoms with van der Waals surface area (Å²) in [6, 6.07) is 24.2. The van der Waals surface area contributed by atoms with Crippen molar-refractivity contribution in [2.24, 2.45) is 0 Å². The Hall–Kier alpha value is -2.82. The quantitative estimate of drug-likeness (QED) is 0.325. The highest BCUT2D eigenvalue weighted by Gasteiger charge is 2.35. The highest BCUT2D eigenvalue weighted by atomic mass is 35.5. The van der Waals surface area contributed by atoms with Crippen LogP contribution in [0.15, 0.2) is 72.8 Å². The van der Waals surface area contributed by atoms with Gasteiger partial charge in [-0.3, -0.25) is 9.59 Å². The van der Waals surface area contributed by atoms with Crippen molar-refractivity contribution >= 4 is 35.0 Å². The number of carbonyl (C=O) groups excluding carboxylic acids is 2. The van der Waals surface area contributed by atoms with Crippen LogP contribution in [0.5, 0.6) is 0 Å². The number of amides is 2. The van der Waals surface area contributed by atoms with Gasteiger partial charge in [0.15, 0.2) is 0 Å². The van der Waals surface area contributed by atoms with Gasteiger partial charge in [0.2, 0.25) is 11.8 Å². The van der Waals surface area contributed by atoms with E-state index in [0.29, 0.717) is 29.4 Å². The van der Waals surface area contributed by atoms with Crippen molar-refractivity contribution in [1.82, 2.24) is 9.80 Å². The topological polar surface area (TPSA) is 40.6 Å². The molecule has 0 N–H and O–H groups in total. The zero-order valence-electron chi connectivity index (χ0n) is 20.9. The second kappa shape index (κ2) is 11.7. The van der Waals surface area contributed by atoms with Crippen LogP contribution >= 0.6 is 23.2 Å². The molecule has 0 radical (unpaired) electrons. The predicted molar refractivity (Wildman–Crippen MR) is 149 cm³/mol. The molecule has 0 saturated carbocycles. The number of hydrogen-bond donors (Lipinski definition) is 0. The largest absolute Gasteiger partial charge is 0.336 e. The molecule has 3 aromatic carbocycles. The number of halogens is 2. The van der Waals surface area contributed by atoms with E-state index >= 15 is 0 Å². The van der Waals surface area contributed by atoms with Crippen molar-refractivity contribution in [3.8, 4) is 11.1 Å². The summed E-state index contributed by atoms with van der Waals surface area (Å²) < 4.78 is 0. The van der Waals surface area contributed by atoms with Crippen molar-refractivity contribution in [2.75, 3.05) is 6.54 Å². The standard InChI is InChI=1S/C31H32Cl2N2O2/c32-27-16-14-25(19-28(27)33)29-9-5-2-6-18-34(29)31(37)20-26-15-17-30(36)35(26)21-22-10-12-24(13-11-22)23-7-3-1-4-8-23/h1,3-4,7-8,10-14,16,19,26,29H,2,5-6,9,15,17-18,20-21H2. The summed E-state index contributed by atoms with van der Waals surface area (Å²) in [6.45, 7) is 1.26. The van der Waals surface area contributed by atoms with Gasteiger partial charge in [-0.25, -0.2) is 0 Å². The molecule has 4 nitrogen and oxygen atoms in total. The normalized spacial score (nSPS) is 20.2. The smallest absolute Gasteiger partial charge is 0.225 e. The second-order valence-corrected chi connectivity index (χ2v) is 10.9. The van der Waals surface area contributed by atoms with Crippen LogP contribution in [0.4, 0.5) is 0 Å². The van der Waals surface area contributed by atoms with E-state index in [1.54, 1.807) is 0 Å². The lowest BCUT2D eigenvalue weighted by molar-refractivity contribution is -0.136. The first-order valence-electron chi connectivity index (χ1n) is 13.2. The molecule has 2 fully saturated rings. The lowest BCUT2D eigenvalue weighted by Crippen LogP contribution is -2.40. The van der Waals surface area contributed by atoms with Crippen molar-refractivity contribution in [3.05, 3.63) is 94.0 Å². The van der Waals surface area contributed by atoms with Crippen molar-refractivity contribution in [3.63, 3.8) is 0 Å². The van der Waals surface area contributed by atoms with Gasteiger partial charge in [0.1, 0.15) is 0 Å². The zero-order valence-corrected chi connectivity index (χ0v) is 22.4. The van der Waals surface area contributed by atoms with Crippen LogP contribution in [0.25, 0.3) is 11.1 Å². The minimum absolute atomic E-state index is 0.0131. The fourth-order valence-electron chi connectivity index (χ4n) is 5.64. The summed E-state index contributed by atoms with van der Waals surface area (Å²) in [6.07, 6.45) is 5.64. The molecule has 37 heavy (non-hydrogen) atoms. The van der Waals surface area contributed by atoms with Gasteiger partial charge in [0.25, 0.3) is 0 Å². The van der Waals surface area contributed by atoms with Gasteiger partial charge in [-0.05, 0) is 53.6 Å². The fourth-order valence-corrected chi connectivity index (χ4v) is 5.95. The summed E-state index contributed by atoms with van der Waals surface area (Å²) in [4.78, 5) is 30.4. The number of carbonyl (C=O) groups is 2. The van der Waals surface area contributed by atoms with E-state index in [0.717, 1.165) is 55.3 Å². The Morgan fingerprint density at radius 1 is 0.838 bits per heavy atom. The van der Waals surface area contributed by atoms with E-state index in [2.05, 4.69) is 36.4 Å². The van der Waals surface area contributed by atoms with Crippen molar-refractivity contribution < 1.29 is 9.59 Å². The summed E-state index contributed by atoms with van der Waals surface area (Å²) in [7, 11) is 0. The minimum atomic E-state index is -0.0773. The average Bonchev–Trinajstić information content (AvgIpc) is 3.10. The molecule has 192 valence electrons. The first-order valence-corrected chi connectivity index (χ1v) is 13.9. The van der Waals surface area contributed by atoms with Crippen LogP contribution in [0.1, 0.15) is 62.1 Å². The first-order chi connectivity index (χ1) is 18.0. The van der Waals surface area contributed by atoms with E-state index in [4.69, 9.17) is 23.2 Å². The van der Waals surface area contributed by atoms with E-state index in [9.17, 15) is 9.59 Å². The molecule has 2 amide bonds. The number of hydrogen-bond acceptors (Lipinski definition) is 2. The summed E-state index contributed by atoms with van der Waals surface area (Å²) in [5, 5.41) is 1.04. The third-order valence-corrected chi connectivity index (χ3v) is 8.42. The van der Waals surface area contributed by atoms with Gasteiger partial charge >= 0.3 is 0 Å². The molecule has 6 heteroatoms. The van der Waals surface area contributed by atoms with Crippen LogP contribution in [0, 0.1) is 0 Å². The minimum Gasteiger partial charge on any atom is -0.336 e.